The second-order valence-corrected chi connectivity index (χ2v) is 7.55. The number of hydrogen-bond donors (Lipinski definition) is 1. The van der Waals surface area contributed by atoms with Crippen molar-refractivity contribution in [3.63, 3.8) is 0 Å². The van der Waals surface area contributed by atoms with Crippen LogP contribution < -0.4 is 14.8 Å². The van der Waals surface area contributed by atoms with Gasteiger partial charge in [0.25, 0.3) is 5.91 Å². The van der Waals surface area contributed by atoms with Crippen LogP contribution in [0, 0.1) is 5.41 Å². The zero-order valence-corrected chi connectivity index (χ0v) is 14.8. The number of benzene rings is 1. The predicted molar refractivity (Wildman–Crippen MR) is 89.4 cm³/mol. The standard InChI is InChI=1S/C18H29NO3/c1-13(22-15-10-8-14(21-7)9-11-15)16(20)19-18(5,6)12-17(2,3)4/h8-11,13H,12H2,1-7H3,(H,19,20)/t13-/m0/s1. The van der Waals surface area contributed by atoms with Crippen molar-refractivity contribution < 1.29 is 14.3 Å². The molecule has 124 valence electrons. The summed E-state index contributed by atoms with van der Waals surface area (Å²) in [6, 6.07) is 7.21. The maximum absolute atomic E-state index is 12.3. The van der Waals surface area contributed by atoms with Gasteiger partial charge in [0.2, 0.25) is 0 Å². The Morgan fingerprint density at radius 2 is 1.59 bits per heavy atom. The van der Waals surface area contributed by atoms with Crippen molar-refractivity contribution in [2.24, 2.45) is 5.41 Å². The average molecular weight is 307 g/mol. The first-order valence-corrected chi connectivity index (χ1v) is 7.65. The molecule has 1 atom stereocenters. The molecule has 0 radical (unpaired) electrons. The maximum atomic E-state index is 12.3. The van der Waals surface area contributed by atoms with Gasteiger partial charge < -0.3 is 14.8 Å². The van der Waals surface area contributed by atoms with Crippen molar-refractivity contribution in [3.8, 4) is 11.5 Å². The molecule has 0 heterocycles. The summed E-state index contributed by atoms with van der Waals surface area (Å²) < 4.78 is 10.8. The van der Waals surface area contributed by atoms with Crippen molar-refractivity contribution in [2.75, 3.05) is 7.11 Å². The van der Waals surface area contributed by atoms with E-state index in [0.29, 0.717) is 5.75 Å². The topological polar surface area (TPSA) is 47.6 Å². The number of rotatable bonds is 6. The van der Waals surface area contributed by atoms with Crippen LogP contribution in [-0.4, -0.2) is 24.7 Å². The molecule has 4 heteroatoms. The summed E-state index contributed by atoms with van der Waals surface area (Å²) >= 11 is 0. The first kappa shape index (κ1) is 18.3. The monoisotopic (exact) mass is 307 g/mol. The molecule has 1 aromatic rings. The fourth-order valence-electron chi connectivity index (χ4n) is 2.72. The lowest BCUT2D eigenvalue weighted by Crippen LogP contribution is -2.50. The molecule has 1 aromatic carbocycles. The third-order valence-electron chi connectivity index (χ3n) is 3.18. The van der Waals surface area contributed by atoms with E-state index in [1.54, 1.807) is 26.2 Å². The van der Waals surface area contributed by atoms with Crippen LogP contribution in [0.25, 0.3) is 0 Å². The minimum Gasteiger partial charge on any atom is -0.497 e. The molecule has 0 bridgehead atoms. The zero-order valence-electron chi connectivity index (χ0n) is 14.8. The molecule has 1 rings (SSSR count). The number of carbonyl (C=O) groups excluding carboxylic acids is 1. The average Bonchev–Trinajstić information content (AvgIpc) is 2.36. The Balaban J connectivity index is 2.60. The van der Waals surface area contributed by atoms with Gasteiger partial charge in [0.15, 0.2) is 6.10 Å². The van der Waals surface area contributed by atoms with E-state index in [0.717, 1.165) is 12.2 Å². The maximum Gasteiger partial charge on any atom is 0.261 e. The van der Waals surface area contributed by atoms with E-state index < -0.39 is 6.10 Å². The van der Waals surface area contributed by atoms with Crippen molar-refractivity contribution in [1.82, 2.24) is 5.32 Å². The summed E-state index contributed by atoms with van der Waals surface area (Å²) in [5.74, 6) is 1.30. The van der Waals surface area contributed by atoms with Crippen LogP contribution in [0.2, 0.25) is 0 Å². The molecular weight excluding hydrogens is 278 g/mol. The molecule has 0 aliphatic rings. The fourth-order valence-corrected chi connectivity index (χ4v) is 2.72. The van der Waals surface area contributed by atoms with E-state index in [-0.39, 0.29) is 16.9 Å². The summed E-state index contributed by atoms with van der Waals surface area (Å²) in [7, 11) is 1.61. The Bertz CT molecular complexity index is 486. The Morgan fingerprint density at radius 1 is 1.09 bits per heavy atom. The van der Waals surface area contributed by atoms with Crippen LogP contribution in [0.1, 0.15) is 48.0 Å². The number of ether oxygens (including phenoxy) is 2. The van der Waals surface area contributed by atoms with E-state index in [1.165, 1.54) is 0 Å². The smallest absolute Gasteiger partial charge is 0.261 e. The van der Waals surface area contributed by atoms with Crippen molar-refractivity contribution in [1.29, 1.82) is 0 Å². The van der Waals surface area contributed by atoms with Gasteiger partial charge in [-0.05, 0) is 56.9 Å². The van der Waals surface area contributed by atoms with Crippen LogP contribution in [0.5, 0.6) is 11.5 Å². The van der Waals surface area contributed by atoms with Gasteiger partial charge in [-0.2, -0.15) is 0 Å². The molecule has 0 spiro atoms. The summed E-state index contributed by atoms with van der Waals surface area (Å²) in [6.45, 7) is 12.3. The quantitative estimate of drug-likeness (QED) is 0.869. The van der Waals surface area contributed by atoms with E-state index in [4.69, 9.17) is 9.47 Å². The molecule has 0 unspecified atom stereocenters. The van der Waals surface area contributed by atoms with E-state index in [1.807, 2.05) is 26.0 Å². The van der Waals surface area contributed by atoms with Crippen LogP contribution in [0.15, 0.2) is 24.3 Å². The lowest BCUT2D eigenvalue weighted by molar-refractivity contribution is -0.129. The molecule has 0 aliphatic heterocycles. The molecule has 1 amide bonds. The van der Waals surface area contributed by atoms with Crippen LogP contribution >= 0.6 is 0 Å². The molecule has 22 heavy (non-hydrogen) atoms. The number of amides is 1. The third-order valence-corrected chi connectivity index (χ3v) is 3.18. The second kappa shape index (κ2) is 7.03. The number of carbonyl (C=O) groups is 1. The van der Waals surface area contributed by atoms with Crippen LogP contribution in [-0.2, 0) is 4.79 Å². The highest BCUT2D eigenvalue weighted by atomic mass is 16.5. The minimum absolute atomic E-state index is 0.106. The highest BCUT2D eigenvalue weighted by molar-refractivity contribution is 5.81. The van der Waals surface area contributed by atoms with Crippen molar-refractivity contribution in [3.05, 3.63) is 24.3 Å². The molecule has 1 N–H and O–H groups in total. The number of hydrogen-bond acceptors (Lipinski definition) is 3. The van der Waals surface area contributed by atoms with Crippen LogP contribution in [0.4, 0.5) is 0 Å². The first-order chi connectivity index (χ1) is 10.0. The largest absolute Gasteiger partial charge is 0.497 e. The summed E-state index contributed by atoms with van der Waals surface area (Å²) in [6.07, 6.45) is 0.341. The predicted octanol–water partition coefficient (Wildman–Crippen LogP) is 3.79. The lowest BCUT2D eigenvalue weighted by Gasteiger charge is -2.34. The molecule has 0 saturated carbocycles. The van der Waals surface area contributed by atoms with Gasteiger partial charge in [0.1, 0.15) is 11.5 Å². The van der Waals surface area contributed by atoms with E-state index in [9.17, 15) is 4.79 Å². The number of nitrogens with one attached hydrogen (secondary N) is 1. The van der Waals surface area contributed by atoms with E-state index >= 15 is 0 Å². The van der Waals surface area contributed by atoms with E-state index in [2.05, 4.69) is 26.1 Å². The van der Waals surface area contributed by atoms with Gasteiger partial charge in [0, 0.05) is 5.54 Å². The van der Waals surface area contributed by atoms with Crippen LogP contribution in [0.3, 0.4) is 0 Å². The third kappa shape index (κ3) is 6.37. The fraction of sp³-hybridized carbons (Fsp3) is 0.611. The van der Waals surface area contributed by atoms with Gasteiger partial charge in [-0.15, -0.1) is 0 Å². The number of methoxy groups -OCH3 is 1. The Kier molecular flexibility index (Phi) is 5.86. The highest BCUT2D eigenvalue weighted by Crippen LogP contribution is 2.27. The normalized spacial score (nSPS) is 13.4. The van der Waals surface area contributed by atoms with Gasteiger partial charge in [-0.25, -0.2) is 0 Å². The Labute approximate surface area is 134 Å². The zero-order chi connectivity index (χ0) is 17.0. The van der Waals surface area contributed by atoms with Gasteiger partial charge >= 0.3 is 0 Å². The lowest BCUT2D eigenvalue weighted by atomic mass is 9.81. The molecule has 0 fully saturated rings. The van der Waals surface area contributed by atoms with Crippen molar-refractivity contribution >= 4 is 5.91 Å². The molecule has 0 aliphatic carbocycles. The Morgan fingerprint density at radius 3 is 2.05 bits per heavy atom. The summed E-state index contributed by atoms with van der Waals surface area (Å²) in [4.78, 5) is 12.3. The molecule has 0 aromatic heterocycles. The summed E-state index contributed by atoms with van der Waals surface area (Å²) in [5.41, 5.74) is -0.121. The second-order valence-electron chi connectivity index (χ2n) is 7.55. The van der Waals surface area contributed by atoms with Gasteiger partial charge in [-0.1, -0.05) is 20.8 Å². The summed E-state index contributed by atoms with van der Waals surface area (Å²) in [5, 5.41) is 3.07. The SMILES string of the molecule is COc1ccc(O[C@@H](C)C(=O)NC(C)(C)CC(C)(C)C)cc1. The first-order valence-electron chi connectivity index (χ1n) is 7.65. The van der Waals surface area contributed by atoms with Crippen molar-refractivity contribution in [2.45, 2.75) is 59.6 Å². The molecular formula is C18H29NO3. The minimum atomic E-state index is -0.548. The van der Waals surface area contributed by atoms with Gasteiger partial charge in [0.05, 0.1) is 7.11 Å². The Hall–Kier alpha value is -1.71. The molecule has 0 saturated heterocycles. The highest BCUT2D eigenvalue weighted by Gasteiger charge is 2.29. The van der Waals surface area contributed by atoms with Gasteiger partial charge in [-0.3, -0.25) is 4.79 Å². The molecule has 4 nitrogen and oxygen atoms in total.